The molecule has 0 N–H and O–H groups in total. The van der Waals surface area contributed by atoms with Crippen LogP contribution in [0.2, 0.25) is 0 Å². The van der Waals surface area contributed by atoms with Gasteiger partial charge in [0, 0.05) is 14.3 Å². The van der Waals surface area contributed by atoms with Crippen molar-refractivity contribution in [2.45, 2.75) is 9.79 Å². The van der Waals surface area contributed by atoms with E-state index in [9.17, 15) is 0 Å². The largest absolute Gasteiger partial charge is 0.497 e. The molecule has 0 unspecified atom stereocenters. The summed E-state index contributed by atoms with van der Waals surface area (Å²) in [5.41, 5.74) is 0.664. The highest BCUT2D eigenvalue weighted by molar-refractivity contribution is 9.10. The molecule has 0 heterocycles. The van der Waals surface area contributed by atoms with Crippen molar-refractivity contribution in [2.24, 2.45) is 0 Å². The van der Waals surface area contributed by atoms with Gasteiger partial charge in [-0.15, -0.1) is 0 Å². The first kappa shape index (κ1) is 13.0. The van der Waals surface area contributed by atoms with Crippen molar-refractivity contribution in [1.29, 1.82) is 5.26 Å². The fourth-order valence-corrected chi connectivity index (χ4v) is 2.76. The summed E-state index contributed by atoms with van der Waals surface area (Å²) in [4.78, 5) is 1.99. The Morgan fingerprint density at radius 2 is 2.06 bits per heavy atom. The van der Waals surface area contributed by atoms with Crippen LogP contribution in [0.5, 0.6) is 5.75 Å². The minimum Gasteiger partial charge on any atom is -0.497 e. The normalized spacial score (nSPS) is 9.83. The van der Waals surface area contributed by atoms with Gasteiger partial charge in [0.1, 0.15) is 11.8 Å². The second-order valence-corrected chi connectivity index (χ2v) is 5.56. The molecular weight excluding hydrogens is 310 g/mol. The fourth-order valence-electron chi connectivity index (χ4n) is 1.47. The molecule has 4 heteroatoms. The predicted molar refractivity (Wildman–Crippen MR) is 76.0 cm³/mol. The Kier molecular flexibility index (Phi) is 4.29. The summed E-state index contributed by atoms with van der Waals surface area (Å²) in [6.45, 7) is 0. The highest BCUT2D eigenvalue weighted by Crippen LogP contribution is 2.33. The Balaban J connectivity index is 2.31. The first-order chi connectivity index (χ1) is 8.72. The molecule has 0 fully saturated rings. The summed E-state index contributed by atoms with van der Waals surface area (Å²) < 4.78 is 6.09. The molecule has 2 aromatic rings. The van der Waals surface area contributed by atoms with Gasteiger partial charge >= 0.3 is 0 Å². The Hall–Kier alpha value is -1.44. The summed E-state index contributed by atoms with van der Waals surface area (Å²) in [7, 11) is 1.64. The van der Waals surface area contributed by atoms with Crippen molar-refractivity contribution in [1.82, 2.24) is 0 Å². The molecule has 0 aliphatic carbocycles. The highest BCUT2D eigenvalue weighted by atomic mass is 79.9. The van der Waals surface area contributed by atoms with Crippen LogP contribution < -0.4 is 4.74 Å². The van der Waals surface area contributed by atoms with E-state index in [2.05, 4.69) is 22.0 Å². The number of ether oxygens (including phenoxy) is 1. The van der Waals surface area contributed by atoms with Crippen LogP contribution in [-0.2, 0) is 0 Å². The average molecular weight is 320 g/mol. The second kappa shape index (κ2) is 5.94. The first-order valence-corrected chi connectivity index (χ1v) is 6.85. The molecule has 2 rings (SSSR count). The van der Waals surface area contributed by atoms with Crippen molar-refractivity contribution < 1.29 is 4.74 Å². The Bertz CT molecular complexity index is 607. The van der Waals surface area contributed by atoms with Crippen LogP contribution in [0.3, 0.4) is 0 Å². The average Bonchev–Trinajstić information content (AvgIpc) is 2.41. The van der Waals surface area contributed by atoms with E-state index in [1.807, 2.05) is 42.5 Å². The van der Waals surface area contributed by atoms with Crippen LogP contribution in [0.4, 0.5) is 0 Å². The van der Waals surface area contributed by atoms with Crippen molar-refractivity contribution in [2.75, 3.05) is 7.11 Å². The maximum absolute atomic E-state index is 9.11. The van der Waals surface area contributed by atoms with Gasteiger partial charge in [-0.3, -0.25) is 0 Å². The lowest BCUT2D eigenvalue weighted by atomic mass is 10.2. The summed E-state index contributed by atoms with van der Waals surface area (Å²) >= 11 is 4.92. The lowest BCUT2D eigenvalue weighted by Gasteiger charge is -2.06. The smallest absolute Gasteiger partial charge is 0.119 e. The van der Waals surface area contributed by atoms with E-state index in [1.165, 1.54) is 0 Å². The molecule has 0 saturated heterocycles. The van der Waals surface area contributed by atoms with Gasteiger partial charge in [0.25, 0.3) is 0 Å². The van der Waals surface area contributed by atoms with E-state index in [0.29, 0.717) is 5.56 Å². The van der Waals surface area contributed by atoms with Crippen LogP contribution in [0.25, 0.3) is 0 Å². The van der Waals surface area contributed by atoms with Crippen molar-refractivity contribution in [3.63, 3.8) is 0 Å². The van der Waals surface area contributed by atoms with E-state index < -0.39 is 0 Å². The molecule has 0 atom stereocenters. The summed E-state index contributed by atoms with van der Waals surface area (Å²) in [5.74, 6) is 0.815. The number of hydrogen-bond acceptors (Lipinski definition) is 3. The van der Waals surface area contributed by atoms with E-state index in [-0.39, 0.29) is 0 Å². The monoisotopic (exact) mass is 319 g/mol. The molecule has 0 aromatic heterocycles. The van der Waals surface area contributed by atoms with Crippen molar-refractivity contribution in [3.8, 4) is 11.8 Å². The molecule has 0 aliphatic rings. The van der Waals surface area contributed by atoms with E-state index in [0.717, 1.165) is 20.0 Å². The SMILES string of the molecule is COc1cccc(Sc2ccc(Br)cc2C#N)c1. The number of methoxy groups -OCH3 is 1. The van der Waals surface area contributed by atoms with Crippen LogP contribution in [0.15, 0.2) is 56.7 Å². The molecule has 18 heavy (non-hydrogen) atoms. The van der Waals surface area contributed by atoms with Gasteiger partial charge in [-0.2, -0.15) is 5.26 Å². The van der Waals surface area contributed by atoms with Gasteiger partial charge in [-0.05, 0) is 36.4 Å². The Labute approximate surface area is 119 Å². The minimum atomic E-state index is 0.664. The van der Waals surface area contributed by atoms with Gasteiger partial charge in [0.05, 0.1) is 12.7 Å². The lowest BCUT2D eigenvalue weighted by molar-refractivity contribution is 0.413. The summed E-state index contributed by atoms with van der Waals surface area (Å²) in [6.07, 6.45) is 0. The Morgan fingerprint density at radius 1 is 1.22 bits per heavy atom. The third-order valence-electron chi connectivity index (χ3n) is 2.33. The zero-order valence-electron chi connectivity index (χ0n) is 9.68. The highest BCUT2D eigenvalue weighted by Gasteiger charge is 2.05. The number of hydrogen-bond donors (Lipinski definition) is 0. The van der Waals surface area contributed by atoms with Crippen molar-refractivity contribution >= 4 is 27.7 Å². The van der Waals surface area contributed by atoms with Crippen LogP contribution >= 0.6 is 27.7 Å². The van der Waals surface area contributed by atoms with Gasteiger partial charge in [-0.1, -0.05) is 33.8 Å². The molecular formula is C14H10BrNOS. The molecule has 0 amide bonds. The topological polar surface area (TPSA) is 33.0 Å². The van der Waals surface area contributed by atoms with Gasteiger partial charge in [0.15, 0.2) is 0 Å². The van der Waals surface area contributed by atoms with E-state index in [1.54, 1.807) is 18.9 Å². The number of nitrogens with zero attached hydrogens (tertiary/aromatic N) is 1. The van der Waals surface area contributed by atoms with E-state index >= 15 is 0 Å². The molecule has 0 bridgehead atoms. The number of halogens is 1. The fraction of sp³-hybridized carbons (Fsp3) is 0.0714. The Morgan fingerprint density at radius 3 is 2.78 bits per heavy atom. The lowest BCUT2D eigenvalue weighted by Crippen LogP contribution is -1.84. The quantitative estimate of drug-likeness (QED) is 0.836. The van der Waals surface area contributed by atoms with Crippen LogP contribution in [-0.4, -0.2) is 7.11 Å². The molecule has 2 aromatic carbocycles. The summed E-state index contributed by atoms with van der Waals surface area (Å²) in [5, 5.41) is 9.11. The standard InChI is InChI=1S/C14H10BrNOS/c1-17-12-3-2-4-13(8-12)18-14-6-5-11(15)7-10(14)9-16/h2-8H,1H3. The summed E-state index contributed by atoms with van der Waals surface area (Å²) in [6, 6.07) is 15.7. The van der Waals surface area contributed by atoms with E-state index in [4.69, 9.17) is 10.00 Å². The molecule has 2 nitrogen and oxygen atoms in total. The second-order valence-electron chi connectivity index (χ2n) is 3.53. The van der Waals surface area contributed by atoms with Gasteiger partial charge in [-0.25, -0.2) is 0 Å². The van der Waals surface area contributed by atoms with Crippen LogP contribution in [0.1, 0.15) is 5.56 Å². The van der Waals surface area contributed by atoms with Gasteiger partial charge < -0.3 is 4.74 Å². The third-order valence-corrected chi connectivity index (χ3v) is 3.89. The zero-order chi connectivity index (χ0) is 13.0. The molecule has 90 valence electrons. The molecule has 0 saturated carbocycles. The van der Waals surface area contributed by atoms with Crippen LogP contribution in [0, 0.1) is 11.3 Å². The maximum atomic E-state index is 9.11. The maximum Gasteiger partial charge on any atom is 0.119 e. The first-order valence-electron chi connectivity index (χ1n) is 5.24. The number of rotatable bonds is 3. The predicted octanol–water partition coefficient (Wildman–Crippen LogP) is 4.48. The molecule has 0 radical (unpaired) electrons. The minimum absolute atomic E-state index is 0.664. The van der Waals surface area contributed by atoms with Crippen molar-refractivity contribution in [3.05, 3.63) is 52.5 Å². The zero-order valence-corrected chi connectivity index (χ0v) is 12.1. The third kappa shape index (κ3) is 3.06. The van der Waals surface area contributed by atoms with Gasteiger partial charge in [0.2, 0.25) is 0 Å². The molecule has 0 aliphatic heterocycles. The number of benzene rings is 2. The molecule has 0 spiro atoms. The number of nitriles is 1.